The Morgan fingerprint density at radius 2 is 0.692 bits per heavy atom. The number of hydrogen-bond donors (Lipinski definition) is 0. The minimum atomic E-state index is -0.260. The Morgan fingerprint density at radius 3 is 1.05 bits per heavy atom. The van der Waals surface area contributed by atoms with Crippen LogP contribution in [0.1, 0.15) is 42.9 Å². The van der Waals surface area contributed by atoms with Gasteiger partial charge in [-0.05, 0) is 140 Å². The largest absolute Gasteiger partial charge is 0.310 e. The molecule has 0 saturated carbocycles. The molecule has 1 unspecified atom stereocenters. The van der Waals surface area contributed by atoms with Crippen LogP contribution in [0.4, 0.5) is 34.1 Å². The molecule has 9 aromatic carbocycles. The van der Waals surface area contributed by atoms with Crippen molar-refractivity contribution in [2.24, 2.45) is 0 Å². The first-order valence-electron chi connectivity index (χ1n) is 22.8. The lowest BCUT2D eigenvalue weighted by atomic mass is 9.82. The highest BCUT2D eigenvalue weighted by Gasteiger charge is 2.37. The molecule has 0 spiro atoms. The highest BCUT2D eigenvalue weighted by atomic mass is 15.1. The number of hydrogen-bond acceptors (Lipinski definition) is 2. The van der Waals surface area contributed by atoms with Gasteiger partial charge in [0.2, 0.25) is 0 Å². The van der Waals surface area contributed by atoms with E-state index in [1.54, 1.807) is 0 Å². The minimum Gasteiger partial charge on any atom is -0.310 e. The second-order valence-corrected chi connectivity index (χ2v) is 17.7. The zero-order chi connectivity index (χ0) is 43.7. The molecule has 2 heteroatoms. The summed E-state index contributed by atoms with van der Waals surface area (Å²) in [7, 11) is 0. The fourth-order valence-corrected chi connectivity index (χ4v) is 9.89. The van der Waals surface area contributed by atoms with Crippen LogP contribution in [0.3, 0.4) is 0 Å². The number of anilines is 6. The van der Waals surface area contributed by atoms with Gasteiger partial charge in [0.25, 0.3) is 0 Å². The second kappa shape index (κ2) is 17.0. The smallest absolute Gasteiger partial charge is 0.0465 e. The quantitative estimate of drug-likeness (QED) is 0.135. The average molecular weight is 835 g/mol. The van der Waals surface area contributed by atoms with Crippen LogP contribution in [-0.2, 0) is 5.41 Å². The molecule has 9 aromatic rings. The van der Waals surface area contributed by atoms with Crippen LogP contribution < -0.4 is 9.80 Å². The van der Waals surface area contributed by atoms with Crippen molar-refractivity contribution in [2.75, 3.05) is 9.80 Å². The van der Waals surface area contributed by atoms with E-state index in [2.05, 4.69) is 272 Å². The van der Waals surface area contributed by atoms with E-state index in [0.717, 1.165) is 40.5 Å². The Labute approximate surface area is 383 Å². The minimum absolute atomic E-state index is 0.260. The van der Waals surface area contributed by atoms with Gasteiger partial charge in [-0.25, -0.2) is 0 Å². The fraction of sp³-hybridized carbons (Fsp3) is 0.0794. The van der Waals surface area contributed by atoms with Crippen molar-refractivity contribution in [1.29, 1.82) is 0 Å². The van der Waals surface area contributed by atoms with Gasteiger partial charge in [-0.3, -0.25) is 0 Å². The lowest BCUT2D eigenvalue weighted by Gasteiger charge is -2.29. The summed E-state index contributed by atoms with van der Waals surface area (Å²) in [6.45, 7) is 4.78. The van der Waals surface area contributed by atoms with Gasteiger partial charge in [0, 0.05) is 45.5 Å². The standard InChI is InChI=1S/C63H50N2/c1-63(2)61-43-57(64(53-31-23-49(24-32-53)45-15-7-3-8-16-45)54-33-25-50(26-34-54)46-17-9-4-10-18-46)39-41-59(61)60-42-40-58(44-62(60)63)65(55-35-27-51(28-36-55)47-19-11-5-12-20-47)56-37-29-52(30-38-56)48-21-13-6-14-22-48/h3-21,23-44,48H,22H2,1-2H3. The van der Waals surface area contributed by atoms with Gasteiger partial charge in [-0.2, -0.15) is 0 Å². The predicted octanol–water partition coefficient (Wildman–Crippen LogP) is 17.5. The van der Waals surface area contributed by atoms with Crippen LogP contribution in [-0.4, -0.2) is 0 Å². The summed E-state index contributed by atoms with van der Waals surface area (Å²) < 4.78 is 0. The zero-order valence-electron chi connectivity index (χ0n) is 36.9. The molecule has 312 valence electrons. The second-order valence-electron chi connectivity index (χ2n) is 17.7. The maximum Gasteiger partial charge on any atom is 0.0465 e. The van der Waals surface area contributed by atoms with Gasteiger partial charge in [0.1, 0.15) is 0 Å². The first-order valence-corrected chi connectivity index (χ1v) is 22.8. The van der Waals surface area contributed by atoms with E-state index in [0.29, 0.717) is 5.92 Å². The van der Waals surface area contributed by atoms with Gasteiger partial charge in [0.15, 0.2) is 0 Å². The number of benzene rings is 9. The molecule has 0 amide bonds. The summed E-state index contributed by atoms with van der Waals surface area (Å²) in [6.07, 6.45) is 9.91. The molecule has 65 heavy (non-hydrogen) atoms. The molecule has 1 atom stereocenters. The molecule has 0 aliphatic heterocycles. The molecule has 2 aliphatic carbocycles. The van der Waals surface area contributed by atoms with Crippen molar-refractivity contribution in [1.82, 2.24) is 0 Å². The normalized spacial score (nSPS) is 14.4. The summed E-state index contributed by atoms with van der Waals surface area (Å²) in [5.41, 5.74) is 20.3. The molecule has 0 N–H and O–H groups in total. The molecular weight excluding hydrogens is 785 g/mol. The van der Waals surface area contributed by atoms with Gasteiger partial charge in [-0.1, -0.05) is 190 Å². The SMILES string of the molecule is CC1(C)c2cc(N(c3ccc(-c4ccccc4)cc3)c3ccc(-c4ccccc4)cc3)ccc2-c2ccc(N(c3ccc(-c4ccccc4)cc3)c3ccc(C4C=CC=CC4)cc3)cc21. The molecule has 0 radical (unpaired) electrons. The Morgan fingerprint density at radius 1 is 0.354 bits per heavy atom. The van der Waals surface area contributed by atoms with Gasteiger partial charge in [-0.15, -0.1) is 0 Å². The van der Waals surface area contributed by atoms with E-state index in [-0.39, 0.29) is 5.41 Å². The van der Waals surface area contributed by atoms with Crippen LogP contribution in [0, 0.1) is 0 Å². The van der Waals surface area contributed by atoms with Crippen LogP contribution >= 0.6 is 0 Å². The Balaban J connectivity index is 0.974. The molecule has 2 aliphatic rings. The Hall–Kier alpha value is -7.94. The average Bonchev–Trinajstić information content (AvgIpc) is 3.60. The van der Waals surface area contributed by atoms with Gasteiger partial charge >= 0.3 is 0 Å². The number of fused-ring (bicyclic) bond motifs is 3. The van der Waals surface area contributed by atoms with Crippen molar-refractivity contribution in [3.63, 3.8) is 0 Å². The maximum atomic E-state index is 2.44. The first-order chi connectivity index (χ1) is 32.0. The molecule has 11 rings (SSSR count). The fourth-order valence-electron chi connectivity index (χ4n) is 9.89. The van der Waals surface area contributed by atoms with E-state index in [4.69, 9.17) is 0 Å². The predicted molar refractivity (Wildman–Crippen MR) is 275 cm³/mol. The van der Waals surface area contributed by atoms with Crippen LogP contribution in [0.5, 0.6) is 0 Å². The molecule has 0 bridgehead atoms. The number of allylic oxidation sites excluding steroid dienone is 4. The third-order valence-corrected chi connectivity index (χ3v) is 13.4. The molecule has 0 fully saturated rings. The molecular formula is C63H50N2. The molecule has 0 aromatic heterocycles. The highest BCUT2D eigenvalue weighted by molar-refractivity contribution is 5.89. The molecule has 0 heterocycles. The van der Waals surface area contributed by atoms with E-state index in [9.17, 15) is 0 Å². The summed E-state index contributed by atoms with van der Waals surface area (Å²) in [5.74, 6) is 0.398. The monoisotopic (exact) mass is 834 g/mol. The number of rotatable bonds is 10. The summed E-state index contributed by atoms with van der Waals surface area (Å²) >= 11 is 0. The third kappa shape index (κ3) is 7.68. The zero-order valence-corrected chi connectivity index (χ0v) is 36.9. The Kier molecular flexibility index (Phi) is 10.4. The van der Waals surface area contributed by atoms with Crippen molar-refractivity contribution < 1.29 is 0 Å². The highest BCUT2D eigenvalue weighted by Crippen LogP contribution is 2.52. The van der Waals surface area contributed by atoms with Crippen molar-refractivity contribution in [2.45, 2.75) is 31.6 Å². The van der Waals surface area contributed by atoms with Crippen LogP contribution in [0.2, 0.25) is 0 Å². The van der Waals surface area contributed by atoms with Crippen molar-refractivity contribution in [3.05, 3.63) is 265 Å². The summed E-state index contributed by atoms with van der Waals surface area (Å²) in [5, 5.41) is 0. The van der Waals surface area contributed by atoms with E-state index >= 15 is 0 Å². The van der Waals surface area contributed by atoms with Crippen molar-refractivity contribution in [3.8, 4) is 44.5 Å². The van der Waals surface area contributed by atoms with Crippen molar-refractivity contribution >= 4 is 34.1 Å². The number of nitrogens with zero attached hydrogens (tertiary/aromatic N) is 2. The molecule has 0 saturated heterocycles. The summed E-state index contributed by atoms with van der Waals surface area (Å²) in [6, 6.07) is 82.2. The van der Waals surface area contributed by atoms with E-state index in [1.165, 1.54) is 61.2 Å². The van der Waals surface area contributed by atoms with Crippen LogP contribution in [0.15, 0.2) is 249 Å². The van der Waals surface area contributed by atoms with Gasteiger partial charge in [0.05, 0.1) is 0 Å². The lowest BCUT2D eigenvalue weighted by Crippen LogP contribution is -2.17. The first kappa shape index (κ1) is 39.9. The topological polar surface area (TPSA) is 6.48 Å². The maximum absolute atomic E-state index is 2.44. The van der Waals surface area contributed by atoms with Gasteiger partial charge < -0.3 is 9.80 Å². The Bertz CT molecular complexity index is 3060. The van der Waals surface area contributed by atoms with Crippen LogP contribution in [0.25, 0.3) is 44.5 Å². The van der Waals surface area contributed by atoms with E-state index in [1.807, 2.05) is 0 Å². The summed E-state index contributed by atoms with van der Waals surface area (Å²) in [4.78, 5) is 4.82. The molecule has 2 nitrogen and oxygen atoms in total. The third-order valence-electron chi connectivity index (χ3n) is 13.4. The van der Waals surface area contributed by atoms with E-state index < -0.39 is 0 Å². The lowest BCUT2D eigenvalue weighted by molar-refractivity contribution is 0.660.